The smallest absolute Gasteiger partial charge is 0.220 e. The lowest BCUT2D eigenvalue weighted by atomic mass is 10.1. The molecule has 1 atom stereocenters. The van der Waals surface area contributed by atoms with Gasteiger partial charge < -0.3 is 10.1 Å². The van der Waals surface area contributed by atoms with E-state index in [0.29, 0.717) is 19.4 Å². The van der Waals surface area contributed by atoms with Crippen molar-refractivity contribution in [2.24, 2.45) is 0 Å². The van der Waals surface area contributed by atoms with Crippen molar-refractivity contribution in [3.63, 3.8) is 0 Å². The Morgan fingerprint density at radius 1 is 1.35 bits per heavy atom. The van der Waals surface area contributed by atoms with Gasteiger partial charge >= 0.3 is 0 Å². The van der Waals surface area contributed by atoms with E-state index >= 15 is 0 Å². The van der Waals surface area contributed by atoms with Crippen molar-refractivity contribution in [3.05, 3.63) is 56.7 Å². The number of nitrogens with one attached hydrogen (secondary N) is 1. The normalized spacial score (nSPS) is 16.4. The molecule has 1 aromatic carbocycles. The molecule has 1 fully saturated rings. The number of nitrogens with zero attached hydrogens (tertiary/aromatic N) is 1. The van der Waals surface area contributed by atoms with Crippen LogP contribution in [-0.4, -0.2) is 43.7 Å². The summed E-state index contributed by atoms with van der Waals surface area (Å²) in [7, 11) is 0. The molecule has 140 valence electrons. The Bertz CT molecular complexity index is 715. The molecule has 1 amide bonds. The third kappa shape index (κ3) is 5.30. The zero-order valence-electron chi connectivity index (χ0n) is 15.0. The summed E-state index contributed by atoms with van der Waals surface area (Å²) in [5.74, 6) is 0.0801. The average molecular weight is 393 g/mol. The summed E-state index contributed by atoms with van der Waals surface area (Å²) >= 11 is 7.90. The van der Waals surface area contributed by atoms with Gasteiger partial charge in [0.2, 0.25) is 5.91 Å². The molecule has 0 radical (unpaired) electrons. The summed E-state index contributed by atoms with van der Waals surface area (Å²) in [5, 5.41) is 5.96. The van der Waals surface area contributed by atoms with Gasteiger partial charge in [-0.2, -0.15) is 0 Å². The highest BCUT2D eigenvalue weighted by Gasteiger charge is 2.23. The fourth-order valence-electron chi connectivity index (χ4n) is 3.13. The number of amides is 1. The van der Waals surface area contributed by atoms with Gasteiger partial charge in [-0.25, -0.2) is 0 Å². The lowest BCUT2D eigenvalue weighted by Gasteiger charge is -2.34. The maximum atomic E-state index is 12.3. The standard InChI is InChI=1S/C20H25ClN2O2S/c1-15-4-5-16(13-17(15)21)6-7-20(24)22-14-18(19-3-2-12-26-19)23-8-10-25-11-9-23/h2-5,12-13,18H,6-11,14H2,1H3,(H,22,24)/t18-/m1/s1. The van der Waals surface area contributed by atoms with Crippen molar-refractivity contribution in [2.75, 3.05) is 32.8 Å². The van der Waals surface area contributed by atoms with Crippen LogP contribution in [0.1, 0.15) is 28.5 Å². The second kappa shape index (κ2) is 9.51. The van der Waals surface area contributed by atoms with Crippen LogP contribution in [0.5, 0.6) is 0 Å². The molecular formula is C20H25ClN2O2S. The summed E-state index contributed by atoms with van der Waals surface area (Å²) in [6, 6.07) is 10.4. The molecule has 4 nitrogen and oxygen atoms in total. The van der Waals surface area contributed by atoms with Gasteiger partial charge in [-0.1, -0.05) is 29.8 Å². The molecule has 0 aliphatic carbocycles. The van der Waals surface area contributed by atoms with E-state index < -0.39 is 0 Å². The number of benzene rings is 1. The zero-order valence-corrected chi connectivity index (χ0v) is 16.6. The predicted octanol–water partition coefficient (Wildman–Crippen LogP) is 3.83. The van der Waals surface area contributed by atoms with Crippen LogP contribution in [0.3, 0.4) is 0 Å². The Hall–Kier alpha value is -1.40. The van der Waals surface area contributed by atoms with Crippen molar-refractivity contribution in [1.29, 1.82) is 0 Å². The van der Waals surface area contributed by atoms with Gasteiger partial charge in [-0.05, 0) is 42.0 Å². The van der Waals surface area contributed by atoms with Crippen molar-refractivity contribution in [3.8, 4) is 0 Å². The number of halogens is 1. The molecule has 26 heavy (non-hydrogen) atoms. The van der Waals surface area contributed by atoms with Gasteiger partial charge in [-0.3, -0.25) is 9.69 Å². The van der Waals surface area contributed by atoms with Crippen LogP contribution >= 0.6 is 22.9 Å². The average Bonchev–Trinajstić information content (AvgIpc) is 3.18. The fourth-order valence-corrected chi connectivity index (χ4v) is 4.19. The summed E-state index contributed by atoms with van der Waals surface area (Å²) in [5.41, 5.74) is 2.16. The lowest BCUT2D eigenvalue weighted by Crippen LogP contribution is -2.43. The van der Waals surface area contributed by atoms with Crippen molar-refractivity contribution >= 4 is 28.8 Å². The van der Waals surface area contributed by atoms with E-state index in [1.165, 1.54) is 4.88 Å². The quantitative estimate of drug-likeness (QED) is 0.778. The predicted molar refractivity (Wildman–Crippen MR) is 107 cm³/mol. The van der Waals surface area contributed by atoms with Gasteiger partial charge in [0, 0.05) is 36.0 Å². The topological polar surface area (TPSA) is 41.6 Å². The largest absolute Gasteiger partial charge is 0.379 e. The van der Waals surface area contributed by atoms with Crippen LogP contribution in [0.4, 0.5) is 0 Å². The van der Waals surface area contributed by atoms with E-state index in [1.807, 2.05) is 25.1 Å². The minimum atomic E-state index is 0.0801. The van der Waals surface area contributed by atoms with Crippen molar-refractivity contribution in [1.82, 2.24) is 10.2 Å². The summed E-state index contributed by atoms with van der Waals surface area (Å²) in [6.45, 7) is 5.93. The number of aryl methyl sites for hydroxylation is 2. The highest BCUT2D eigenvalue weighted by atomic mass is 35.5. The molecule has 1 aliphatic rings. The number of rotatable bonds is 7. The molecular weight excluding hydrogens is 368 g/mol. The molecule has 1 saturated heterocycles. The highest BCUT2D eigenvalue weighted by molar-refractivity contribution is 7.10. The minimum absolute atomic E-state index is 0.0801. The molecule has 0 spiro atoms. The third-order valence-electron chi connectivity index (χ3n) is 4.73. The van der Waals surface area contributed by atoms with Gasteiger partial charge in [0.25, 0.3) is 0 Å². The number of carbonyl (C=O) groups excluding carboxylic acids is 1. The molecule has 0 bridgehead atoms. The van der Waals surface area contributed by atoms with Gasteiger partial charge in [-0.15, -0.1) is 11.3 Å². The summed E-state index contributed by atoms with van der Waals surface area (Å²) < 4.78 is 5.46. The maximum absolute atomic E-state index is 12.3. The van der Waals surface area contributed by atoms with Crippen LogP contribution < -0.4 is 5.32 Å². The molecule has 1 N–H and O–H groups in total. The first-order valence-electron chi connectivity index (χ1n) is 9.00. The monoisotopic (exact) mass is 392 g/mol. The van der Waals surface area contributed by atoms with Gasteiger partial charge in [0.15, 0.2) is 0 Å². The minimum Gasteiger partial charge on any atom is -0.379 e. The second-order valence-electron chi connectivity index (χ2n) is 6.57. The first-order valence-corrected chi connectivity index (χ1v) is 10.3. The van der Waals surface area contributed by atoms with Crippen molar-refractivity contribution < 1.29 is 9.53 Å². The third-order valence-corrected chi connectivity index (χ3v) is 6.11. The molecule has 3 rings (SSSR count). The van der Waals surface area contributed by atoms with Crippen LogP contribution in [0.15, 0.2) is 35.7 Å². The molecule has 0 saturated carbocycles. The van der Waals surface area contributed by atoms with Crippen LogP contribution in [0.2, 0.25) is 5.02 Å². The number of morpholine rings is 1. The Morgan fingerprint density at radius 3 is 2.85 bits per heavy atom. The maximum Gasteiger partial charge on any atom is 0.220 e. The highest BCUT2D eigenvalue weighted by Crippen LogP contribution is 2.25. The van der Waals surface area contributed by atoms with Crippen LogP contribution in [0, 0.1) is 6.92 Å². The fraction of sp³-hybridized carbons (Fsp3) is 0.450. The van der Waals surface area contributed by atoms with Crippen LogP contribution in [0.25, 0.3) is 0 Å². The molecule has 1 aromatic heterocycles. The van der Waals surface area contributed by atoms with E-state index in [9.17, 15) is 4.79 Å². The second-order valence-corrected chi connectivity index (χ2v) is 7.95. The molecule has 1 aliphatic heterocycles. The lowest BCUT2D eigenvalue weighted by molar-refractivity contribution is -0.121. The number of carbonyl (C=O) groups is 1. The Labute approximate surface area is 164 Å². The Kier molecular flexibility index (Phi) is 7.08. The molecule has 0 unspecified atom stereocenters. The van der Waals surface area contributed by atoms with E-state index in [0.717, 1.165) is 42.5 Å². The number of ether oxygens (including phenoxy) is 1. The SMILES string of the molecule is Cc1ccc(CCC(=O)NC[C@H](c2cccs2)N2CCOCC2)cc1Cl. The first-order chi connectivity index (χ1) is 12.6. The molecule has 2 heterocycles. The van der Waals surface area contributed by atoms with E-state index in [-0.39, 0.29) is 11.9 Å². The first kappa shape index (κ1) is 19.4. The van der Waals surface area contributed by atoms with E-state index in [1.54, 1.807) is 11.3 Å². The van der Waals surface area contributed by atoms with Crippen molar-refractivity contribution in [2.45, 2.75) is 25.8 Å². The van der Waals surface area contributed by atoms with Crippen LogP contribution in [-0.2, 0) is 16.0 Å². The summed E-state index contributed by atoms with van der Waals surface area (Å²) in [4.78, 5) is 16.0. The number of hydrogen-bond acceptors (Lipinski definition) is 4. The molecule has 2 aromatic rings. The van der Waals surface area contributed by atoms with Gasteiger partial charge in [0.1, 0.15) is 0 Å². The van der Waals surface area contributed by atoms with E-state index in [2.05, 4.69) is 27.7 Å². The Balaban J connectivity index is 1.52. The van der Waals surface area contributed by atoms with Gasteiger partial charge in [0.05, 0.1) is 19.3 Å². The van der Waals surface area contributed by atoms with E-state index in [4.69, 9.17) is 16.3 Å². The molecule has 6 heteroatoms. The Morgan fingerprint density at radius 2 is 2.15 bits per heavy atom. The number of hydrogen-bond donors (Lipinski definition) is 1. The summed E-state index contributed by atoms with van der Waals surface area (Å²) in [6.07, 6.45) is 1.17. The number of thiophene rings is 1. The zero-order chi connectivity index (χ0) is 18.4.